The molecule has 3 aromatic heterocycles. The Hall–Kier alpha value is -2.75. The summed E-state index contributed by atoms with van der Waals surface area (Å²) in [5.74, 6) is 0. The number of rotatable bonds is 3. The molecule has 4 heterocycles. The van der Waals surface area contributed by atoms with Crippen molar-refractivity contribution < 1.29 is 9.31 Å². The van der Waals surface area contributed by atoms with Gasteiger partial charge in [0.25, 0.3) is 5.56 Å². The zero-order valence-corrected chi connectivity index (χ0v) is 20.7. The molecule has 0 amide bonds. The van der Waals surface area contributed by atoms with Crippen molar-refractivity contribution in [3.63, 3.8) is 0 Å². The van der Waals surface area contributed by atoms with Gasteiger partial charge in [-0.2, -0.15) is 5.10 Å². The first kappa shape index (κ1) is 23.4. The van der Waals surface area contributed by atoms with Gasteiger partial charge in [-0.3, -0.25) is 14.9 Å². The van der Waals surface area contributed by atoms with Crippen molar-refractivity contribution in [2.24, 2.45) is 0 Å². The van der Waals surface area contributed by atoms with Crippen LogP contribution in [0.4, 0.5) is 0 Å². The number of hydrogen-bond acceptors (Lipinski definition) is 5. The zero-order chi connectivity index (χ0) is 23.6. The maximum absolute atomic E-state index is 11.5. The average Bonchev–Trinajstić information content (AvgIpc) is 3.32. The van der Waals surface area contributed by atoms with Gasteiger partial charge in [0, 0.05) is 34.5 Å². The number of benzene rings is 1. The predicted octanol–water partition coefficient (Wildman–Crippen LogP) is 3.92. The third-order valence-electron chi connectivity index (χ3n) is 6.04. The van der Waals surface area contributed by atoms with E-state index in [0.717, 1.165) is 26.4 Å². The highest BCUT2D eigenvalue weighted by atomic mass is 79.9. The minimum absolute atomic E-state index is 0.00462. The Balaban J connectivity index is 0.000000160. The van der Waals surface area contributed by atoms with Crippen LogP contribution in [-0.4, -0.2) is 38.1 Å². The maximum Gasteiger partial charge on any atom is 0.494 e. The Labute approximate surface area is 201 Å². The van der Waals surface area contributed by atoms with Crippen LogP contribution >= 0.6 is 15.9 Å². The normalized spacial score (nSPS) is 16.5. The topological polar surface area (TPSA) is 82.0 Å². The molecule has 0 atom stereocenters. The molecule has 1 saturated heterocycles. The number of pyridine rings is 2. The molecular formula is C24H26BBrN4O3. The van der Waals surface area contributed by atoms with E-state index in [4.69, 9.17) is 9.31 Å². The summed E-state index contributed by atoms with van der Waals surface area (Å²) in [6, 6.07) is 13.2. The lowest BCUT2D eigenvalue weighted by atomic mass is 9.79. The van der Waals surface area contributed by atoms with E-state index >= 15 is 0 Å². The Morgan fingerprint density at radius 2 is 1.73 bits per heavy atom. The van der Waals surface area contributed by atoms with Crippen LogP contribution in [0.2, 0.25) is 0 Å². The molecule has 33 heavy (non-hydrogen) atoms. The lowest BCUT2D eigenvalue weighted by molar-refractivity contribution is 0.00578. The Bertz CT molecular complexity index is 1290. The lowest BCUT2D eigenvalue weighted by Crippen LogP contribution is -2.41. The van der Waals surface area contributed by atoms with Crippen molar-refractivity contribution in [1.82, 2.24) is 19.7 Å². The van der Waals surface area contributed by atoms with E-state index in [2.05, 4.69) is 58.8 Å². The van der Waals surface area contributed by atoms with Gasteiger partial charge in [0.05, 0.1) is 29.5 Å². The molecule has 1 aliphatic rings. The Morgan fingerprint density at radius 1 is 1.03 bits per heavy atom. The van der Waals surface area contributed by atoms with Gasteiger partial charge in [-0.15, -0.1) is 0 Å². The molecule has 4 aromatic rings. The summed E-state index contributed by atoms with van der Waals surface area (Å²) in [7, 11) is -0.317. The molecule has 0 radical (unpaired) electrons. The summed E-state index contributed by atoms with van der Waals surface area (Å²) in [4.78, 5) is 15.4. The molecule has 0 spiro atoms. The highest BCUT2D eigenvalue weighted by Gasteiger charge is 2.51. The quantitative estimate of drug-likeness (QED) is 0.424. The molecule has 0 unspecified atom stereocenters. The van der Waals surface area contributed by atoms with Gasteiger partial charge in [0.15, 0.2) is 0 Å². The second-order valence-electron chi connectivity index (χ2n) is 8.97. The number of hydrogen-bond donors (Lipinski definition) is 1. The number of fused-ring (bicyclic) bond motifs is 1. The molecule has 1 fully saturated rings. The van der Waals surface area contributed by atoms with E-state index in [9.17, 15) is 4.79 Å². The van der Waals surface area contributed by atoms with E-state index in [1.165, 1.54) is 0 Å². The molecule has 5 rings (SSSR count). The number of halogens is 1. The second kappa shape index (κ2) is 9.25. The summed E-state index contributed by atoms with van der Waals surface area (Å²) in [6.45, 7) is 8.80. The van der Waals surface area contributed by atoms with E-state index in [1.807, 2.05) is 36.5 Å². The molecular weight excluding hydrogens is 483 g/mol. The predicted molar refractivity (Wildman–Crippen MR) is 134 cm³/mol. The number of H-pyrrole nitrogens is 1. The SMILES string of the molecule is CC1(C)OB(c2ccc3cn[nH]c3c2)OC1(C)C.O=c1ccc(Br)cn1Cc1ccncc1. The number of nitrogens with one attached hydrogen (secondary N) is 1. The van der Waals surface area contributed by atoms with E-state index in [0.29, 0.717) is 6.54 Å². The molecule has 1 aromatic carbocycles. The van der Waals surface area contributed by atoms with E-state index in [-0.39, 0.29) is 23.9 Å². The minimum Gasteiger partial charge on any atom is -0.399 e. The molecule has 0 bridgehead atoms. The van der Waals surface area contributed by atoms with E-state index < -0.39 is 0 Å². The summed E-state index contributed by atoms with van der Waals surface area (Å²) >= 11 is 3.34. The van der Waals surface area contributed by atoms with Crippen molar-refractivity contribution in [1.29, 1.82) is 0 Å². The van der Waals surface area contributed by atoms with Gasteiger partial charge in [0.1, 0.15) is 0 Å². The van der Waals surface area contributed by atoms with Gasteiger partial charge in [-0.25, -0.2) is 0 Å². The van der Waals surface area contributed by atoms with E-state index in [1.54, 1.807) is 35.3 Å². The largest absolute Gasteiger partial charge is 0.494 e. The fraction of sp³-hybridized carbons (Fsp3) is 0.292. The number of aromatic amines is 1. The fourth-order valence-electron chi connectivity index (χ4n) is 3.39. The first-order valence-corrected chi connectivity index (χ1v) is 11.5. The van der Waals surface area contributed by atoms with Crippen molar-refractivity contribution in [3.05, 3.63) is 87.6 Å². The molecule has 0 saturated carbocycles. The van der Waals surface area contributed by atoms with Crippen LogP contribution in [0.15, 0.2) is 76.5 Å². The fourth-order valence-corrected chi connectivity index (χ4v) is 3.77. The highest BCUT2D eigenvalue weighted by Crippen LogP contribution is 2.36. The number of aromatic nitrogens is 4. The zero-order valence-electron chi connectivity index (χ0n) is 19.1. The summed E-state index contributed by atoms with van der Waals surface area (Å²) in [5, 5.41) is 8.08. The first-order chi connectivity index (χ1) is 15.6. The van der Waals surface area contributed by atoms with Crippen LogP contribution < -0.4 is 11.0 Å². The smallest absolute Gasteiger partial charge is 0.399 e. The third-order valence-corrected chi connectivity index (χ3v) is 6.51. The van der Waals surface area contributed by atoms with Crippen LogP contribution in [0.1, 0.15) is 33.3 Å². The average molecular weight is 509 g/mol. The van der Waals surface area contributed by atoms with Crippen LogP contribution in [-0.2, 0) is 15.9 Å². The maximum atomic E-state index is 11.5. The first-order valence-electron chi connectivity index (χ1n) is 10.7. The summed E-state index contributed by atoms with van der Waals surface area (Å²) in [6.07, 6.45) is 7.03. The van der Waals surface area contributed by atoms with Gasteiger partial charge in [0.2, 0.25) is 0 Å². The molecule has 0 aliphatic carbocycles. The van der Waals surface area contributed by atoms with Gasteiger partial charge >= 0.3 is 7.12 Å². The van der Waals surface area contributed by atoms with Gasteiger partial charge in [-0.05, 0) is 78.9 Å². The summed E-state index contributed by atoms with van der Waals surface area (Å²) < 4.78 is 14.6. The minimum atomic E-state index is -0.317. The van der Waals surface area contributed by atoms with Crippen LogP contribution in [0.3, 0.4) is 0 Å². The molecule has 170 valence electrons. The standard InChI is InChI=1S/C13H17BN2O2.C11H9BrN2O/c1-12(2)13(3,4)18-14(17-12)10-6-5-9-8-15-16-11(9)7-10;12-10-1-2-11(15)14(8-10)7-9-3-5-13-6-4-9/h5-8H,1-4H3,(H,15,16);1-6,8H,7H2. The molecule has 1 aliphatic heterocycles. The third kappa shape index (κ3) is 5.26. The van der Waals surface area contributed by atoms with Crippen molar-refractivity contribution in [2.75, 3.05) is 0 Å². The Morgan fingerprint density at radius 3 is 2.42 bits per heavy atom. The monoisotopic (exact) mass is 508 g/mol. The van der Waals surface area contributed by atoms with Crippen LogP contribution in [0.25, 0.3) is 10.9 Å². The summed E-state index contributed by atoms with van der Waals surface area (Å²) in [5.41, 5.74) is 2.47. The Kier molecular flexibility index (Phi) is 6.56. The van der Waals surface area contributed by atoms with Crippen molar-refractivity contribution in [2.45, 2.75) is 45.4 Å². The lowest BCUT2D eigenvalue weighted by Gasteiger charge is -2.32. The van der Waals surface area contributed by atoms with Crippen molar-refractivity contribution >= 4 is 39.4 Å². The highest BCUT2D eigenvalue weighted by molar-refractivity contribution is 9.10. The van der Waals surface area contributed by atoms with Crippen molar-refractivity contribution in [3.8, 4) is 0 Å². The van der Waals surface area contributed by atoms with Crippen LogP contribution in [0, 0.1) is 0 Å². The molecule has 1 N–H and O–H groups in total. The second-order valence-corrected chi connectivity index (χ2v) is 9.89. The van der Waals surface area contributed by atoms with Gasteiger partial charge in [-0.1, -0.05) is 12.1 Å². The van der Waals surface area contributed by atoms with Crippen LogP contribution in [0.5, 0.6) is 0 Å². The molecule has 7 nitrogen and oxygen atoms in total. The number of nitrogens with zero attached hydrogens (tertiary/aromatic N) is 3. The van der Waals surface area contributed by atoms with Gasteiger partial charge < -0.3 is 13.9 Å². The molecule has 9 heteroatoms.